The van der Waals surface area contributed by atoms with E-state index in [1.54, 1.807) is 6.08 Å². The summed E-state index contributed by atoms with van der Waals surface area (Å²) < 4.78 is 9.42. The van der Waals surface area contributed by atoms with Gasteiger partial charge in [0.1, 0.15) is 6.07 Å². The first kappa shape index (κ1) is 5.13. The second-order valence-electron chi connectivity index (χ2n) is 1.30. The van der Waals surface area contributed by atoms with Gasteiger partial charge in [0.05, 0.1) is 12.9 Å². The maximum atomic E-state index is 8.16. The van der Waals surface area contributed by atoms with Gasteiger partial charge in [0.2, 0.25) is 0 Å². The highest BCUT2D eigenvalue weighted by Crippen LogP contribution is 1.99. The lowest BCUT2D eigenvalue weighted by Crippen LogP contribution is -2.15. The van der Waals surface area contributed by atoms with Crippen LogP contribution in [0.2, 0.25) is 0 Å². The Balaban J connectivity index is 2.41. The fraction of sp³-hybridized carbons (Fsp3) is 0.400. The molecular formula is C5H5NO2. The molecule has 1 rings (SSSR count). The Morgan fingerprint density at radius 1 is 1.75 bits per heavy atom. The van der Waals surface area contributed by atoms with Crippen LogP contribution in [0, 0.1) is 11.3 Å². The predicted molar refractivity (Wildman–Crippen MR) is 25.6 cm³/mol. The average molecular weight is 111 g/mol. The van der Waals surface area contributed by atoms with Crippen molar-refractivity contribution in [3.05, 3.63) is 12.3 Å². The van der Waals surface area contributed by atoms with Crippen LogP contribution in [0.3, 0.4) is 0 Å². The number of ether oxygens (including phenoxy) is 2. The minimum Gasteiger partial charge on any atom is -0.459 e. The fourth-order valence-corrected chi connectivity index (χ4v) is 0.416. The summed E-state index contributed by atoms with van der Waals surface area (Å²) in [4.78, 5) is 0. The maximum absolute atomic E-state index is 8.16. The molecule has 0 aromatic carbocycles. The number of rotatable bonds is 0. The summed E-state index contributed by atoms with van der Waals surface area (Å²) in [5.41, 5.74) is 0. The largest absolute Gasteiger partial charge is 0.459 e. The Bertz CT molecular complexity index is 136. The molecule has 1 unspecified atom stereocenters. The molecule has 0 fully saturated rings. The quantitative estimate of drug-likeness (QED) is 0.454. The van der Waals surface area contributed by atoms with E-state index >= 15 is 0 Å². The highest BCUT2D eigenvalue weighted by Gasteiger charge is 2.06. The summed E-state index contributed by atoms with van der Waals surface area (Å²) in [6, 6.07) is 1.81. The van der Waals surface area contributed by atoms with Crippen molar-refractivity contribution < 1.29 is 9.47 Å². The standard InChI is InChI=1S/C5H5NO2/c6-4-5-7-2-1-3-8-5/h1-2,5H,3H2. The van der Waals surface area contributed by atoms with E-state index < -0.39 is 6.29 Å². The van der Waals surface area contributed by atoms with Crippen molar-refractivity contribution in [2.45, 2.75) is 6.29 Å². The van der Waals surface area contributed by atoms with Gasteiger partial charge in [-0.25, -0.2) is 0 Å². The van der Waals surface area contributed by atoms with Crippen molar-refractivity contribution in [2.75, 3.05) is 6.61 Å². The van der Waals surface area contributed by atoms with Crippen LogP contribution in [0.1, 0.15) is 0 Å². The van der Waals surface area contributed by atoms with Crippen LogP contribution in [0.25, 0.3) is 0 Å². The van der Waals surface area contributed by atoms with Gasteiger partial charge in [-0.2, -0.15) is 5.26 Å². The molecule has 0 bridgehead atoms. The number of nitrogens with zero attached hydrogens (tertiary/aromatic N) is 1. The van der Waals surface area contributed by atoms with Crippen LogP contribution < -0.4 is 0 Å². The molecule has 1 heterocycles. The smallest absolute Gasteiger partial charge is 0.289 e. The summed E-state index contributed by atoms with van der Waals surface area (Å²) in [7, 11) is 0. The van der Waals surface area contributed by atoms with Crippen LogP contribution in [0.5, 0.6) is 0 Å². The third-order valence-corrected chi connectivity index (χ3v) is 0.748. The van der Waals surface area contributed by atoms with Gasteiger partial charge in [0.25, 0.3) is 6.29 Å². The lowest BCUT2D eigenvalue weighted by Gasteiger charge is -2.11. The number of hydrogen-bond acceptors (Lipinski definition) is 3. The summed E-state index contributed by atoms with van der Waals surface area (Å²) in [5, 5.41) is 8.16. The Morgan fingerprint density at radius 3 is 3.00 bits per heavy atom. The van der Waals surface area contributed by atoms with Gasteiger partial charge in [-0.15, -0.1) is 0 Å². The number of hydrogen-bond donors (Lipinski definition) is 0. The van der Waals surface area contributed by atoms with Gasteiger partial charge < -0.3 is 9.47 Å². The van der Waals surface area contributed by atoms with Crippen LogP contribution >= 0.6 is 0 Å². The van der Waals surface area contributed by atoms with E-state index in [1.165, 1.54) is 6.26 Å². The second kappa shape index (κ2) is 2.34. The molecule has 42 valence electrons. The zero-order chi connectivity index (χ0) is 5.82. The van der Waals surface area contributed by atoms with E-state index in [2.05, 4.69) is 4.74 Å². The Kier molecular flexibility index (Phi) is 1.50. The first-order valence-electron chi connectivity index (χ1n) is 2.25. The summed E-state index contributed by atoms with van der Waals surface area (Å²) >= 11 is 0. The second-order valence-corrected chi connectivity index (χ2v) is 1.30. The van der Waals surface area contributed by atoms with Gasteiger partial charge >= 0.3 is 0 Å². The van der Waals surface area contributed by atoms with E-state index in [4.69, 9.17) is 10.00 Å². The van der Waals surface area contributed by atoms with Crippen molar-refractivity contribution in [3.63, 3.8) is 0 Å². The summed E-state index contributed by atoms with van der Waals surface area (Å²) in [6.45, 7) is 0.470. The zero-order valence-electron chi connectivity index (χ0n) is 4.20. The number of nitriles is 1. The molecule has 1 atom stereocenters. The highest BCUT2D eigenvalue weighted by molar-refractivity contribution is 4.85. The van der Waals surface area contributed by atoms with Gasteiger partial charge in [-0.1, -0.05) is 0 Å². The lowest BCUT2D eigenvalue weighted by molar-refractivity contribution is -0.0709. The Hall–Kier alpha value is -1.01. The minimum absolute atomic E-state index is 0.470. The fourth-order valence-electron chi connectivity index (χ4n) is 0.416. The molecule has 0 aromatic heterocycles. The van der Waals surface area contributed by atoms with E-state index in [0.29, 0.717) is 6.61 Å². The first-order valence-corrected chi connectivity index (χ1v) is 2.25. The molecule has 3 nitrogen and oxygen atoms in total. The third kappa shape index (κ3) is 0.983. The average Bonchev–Trinajstić information content (AvgIpc) is 1.90. The first-order chi connectivity index (χ1) is 3.93. The predicted octanol–water partition coefficient (Wildman–Crippen LogP) is 0.397. The van der Waals surface area contributed by atoms with Gasteiger partial charge in [0.15, 0.2) is 0 Å². The Morgan fingerprint density at radius 2 is 2.62 bits per heavy atom. The van der Waals surface area contributed by atoms with Crippen molar-refractivity contribution in [2.24, 2.45) is 0 Å². The molecule has 3 heteroatoms. The van der Waals surface area contributed by atoms with Crippen LogP contribution in [-0.2, 0) is 9.47 Å². The minimum atomic E-state index is -0.694. The molecule has 1 aliphatic rings. The van der Waals surface area contributed by atoms with Crippen LogP contribution in [-0.4, -0.2) is 12.9 Å². The molecule has 1 aliphatic heterocycles. The van der Waals surface area contributed by atoms with Crippen molar-refractivity contribution in [1.82, 2.24) is 0 Å². The van der Waals surface area contributed by atoms with E-state index in [0.717, 1.165) is 0 Å². The normalized spacial score (nSPS) is 26.1. The molecule has 0 saturated carbocycles. The highest BCUT2D eigenvalue weighted by atomic mass is 16.7. The molecule has 8 heavy (non-hydrogen) atoms. The van der Waals surface area contributed by atoms with Gasteiger partial charge in [-0.05, 0) is 6.08 Å². The topological polar surface area (TPSA) is 42.2 Å². The monoisotopic (exact) mass is 111 g/mol. The molecule has 0 aromatic rings. The molecule has 0 amide bonds. The molecular weight excluding hydrogens is 106 g/mol. The SMILES string of the molecule is N#CC1OC=CCO1. The molecule has 0 radical (unpaired) electrons. The maximum Gasteiger partial charge on any atom is 0.289 e. The van der Waals surface area contributed by atoms with E-state index in [-0.39, 0.29) is 0 Å². The molecule has 0 saturated heterocycles. The zero-order valence-corrected chi connectivity index (χ0v) is 4.20. The van der Waals surface area contributed by atoms with Crippen LogP contribution in [0.15, 0.2) is 12.3 Å². The van der Waals surface area contributed by atoms with Gasteiger partial charge in [0, 0.05) is 0 Å². The van der Waals surface area contributed by atoms with E-state index in [9.17, 15) is 0 Å². The third-order valence-electron chi connectivity index (χ3n) is 0.748. The molecule has 0 N–H and O–H groups in total. The van der Waals surface area contributed by atoms with E-state index in [1.807, 2.05) is 6.07 Å². The van der Waals surface area contributed by atoms with Crippen molar-refractivity contribution in [3.8, 4) is 6.07 Å². The molecule has 0 spiro atoms. The van der Waals surface area contributed by atoms with Crippen LogP contribution in [0.4, 0.5) is 0 Å². The van der Waals surface area contributed by atoms with Crippen molar-refractivity contribution >= 4 is 0 Å². The summed E-state index contributed by atoms with van der Waals surface area (Å²) in [6.07, 6.45) is 2.48. The van der Waals surface area contributed by atoms with Gasteiger partial charge in [-0.3, -0.25) is 0 Å². The lowest BCUT2D eigenvalue weighted by atomic mass is 10.6. The summed E-state index contributed by atoms with van der Waals surface area (Å²) in [5.74, 6) is 0. The molecule has 0 aliphatic carbocycles. The van der Waals surface area contributed by atoms with Crippen molar-refractivity contribution in [1.29, 1.82) is 5.26 Å². The Labute approximate surface area is 47.1 Å².